The summed E-state index contributed by atoms with van der Waals surface area (Å²) in [6.45, 7) is 5.78. The van der Waals surface area contributed by atoms with Gasteiger partial charge in [-0.3, -0.25) is 4.99 Å². The van der Waals surface area contributed by atoms with Crippen LogP contribution in [-0.2, 0) is 0 Å². The molecule has 1 unspecified atom stereocenters. The van der Waals surface area contributed by atoms with Crippen LogP contribution in [0.4, 0.5) is 0 Å². The first-order valence-corrected chi connectivity index (χ1v) is 7.45. The lowest BCUT2D eigenvalue weighted by Crippen LogP contribution is -2.42. The highest BCUT2D eigenvalue weighted by molar-refractivity contribution is 14.0. The van der Waals surface area contributed by atoms with Crippen molar-refractivity contribution < 1.29 is 9.47 Å². The fourth-order valence-corrected chi connectivity index (χ4v) is 1.82. The van der Waals surface area contributed by atoms with Crippen molar-refractivity contribution in [3.8, 4) is 11.5 Å². The minimum Gasteiger partial charge on any atom is -0.493 e. The van der Waals surface area contributed by atoms with Gasteiger partial charge in [0.15, 0.2) is 17.5 Å². The molecule has 6 heteroatoms. The highest BCUT2D eigenvalue weighted by Crippen LogP contribution is 2.26. The number of unbranched alkanes of at least 4 members (excludes halogenated alkanes) is 1. The van der Waals surface area contributed by atoms with Crippen LogP contribution in [-0.4, -0.2) is 39.3 Å². The molecular formula is C16H28IN3O2. The highest BCUT2D eigenvalue weighted by Gasteiger charge is 2.09. The number of aliphatic imine (C=N–C) groups is 1. The summed E-state index contributed by atoms with van der Waals surface area (Å²) in [5, 5.41) is 6.53. The fraction of sp³-hybridized carbons (Fsp3) is 0.562. The van der Waals surface area contributed by atoms with E-state index >= 15 is 0 Å². The number of hydrogen-bond donors (Lipinski definition) is 2. The number of nitrogens with one attached hydrogen (secondary N) is 2. The molecule has 5 nitrogen and oxygen atoms in total. The fourth-order valence-electron chi connectivity index (χ4n) is 1.82. The number of nitrogens with zero attached hydrogens (tertiary/aromatic N) is 1. The van der Waals surface area contributed by atoms with Crippen molar-refractivity contribution in [2.45, 2.75) is 32.8 Å². The molecule has 0 fully saturated rings. The van der Waals surface area contributed by atoms with E-state index in [1.54, 1.807) is 14.2 Å². The number of hydrogen-bond acceptors (Lipinski definition) is 3. The number of methoxy groups -OCH3 is 1. The summed E-state index contributed by atoms with van der Waals surface area (Å²) in [6, 6.07) is 7.65. The smallest absolute Gasteiger partial charge is 0.191 e. The van der Waals surface area contributed by atoms with Gasteiger partial charge in [0.05, 0.1) is 13.7 Å². The van der Waals surface area contributed by atoms with Crippen molar-refractivity contribution in [1.29, 1.82) is 0 Å². The van der Waals surface area contributed by atoms with Gasteiger partial charge in [-0.1, -0.05) is 25.5 Å². The third kappa shape index (κ3) is 7.72. The maximum absolute atomic E-state index is 5.89. The van der Waals surface area contributed by atoms with Gasteiger partial charge in [0.2, 0.25) is 0 Å². The Labute approximate surface area is 150 Å². The largest absolute Gasteiger partial charge is 0.493 e. The van der Waals surface area contributed by atoms with Crippen molar-refractivity contribution in [2.75, 3.05) is 27.2 Å². The third-order valence-electron chi connectivity index (χ3n) is 3.00. The van der Waals surface area contributed by atoms with Crippen LogP contribution in [0.1, 0.15) is 26.7 Å². The summed E-state index contributed by atoms with van der Waals surface area (Å²) < 4.78 is 11.2. The summed E-state index contributed by atoms with van der Waals surface area (Å²) in [5.74, 6) is 2.30. The Kier molecular flexibility index (Phi) is 11.7. The van der Waals surface area contributed by atoms with Crippen LogP contribution in [0.5, 0.6) is 11.5 Å². The number of halogens is 1. The standard InChI is InChI=1S/C16H27N3O2.HI/c1-5-6-11-18-16(17-3)19-12-13(2)21-15-10-8-7-9-14(15)20-4;/h7-10,13H,5-6,11-12H2,1-4H3,(H2,17,18,19);1H. The monoisotopic (exact) mass is 421 g/mol. The topological polar surface area (TPSA) is 54.9 Å². The number of guanidine groups is 1. The van der Waals surface area contributed by atoms with Gasteiger partial charge in [-0.25, -0.2) is 0 Å². The van der Waals surface area contributed by atoms with E-state index in [2.05, 4.69) is 22.5 Å². The second kappa shape index (κ2) is 12.4. The Bertz CT molecular complexity index is 441. The van der Waals surface area contributed by atoms with Gasteiger partial charge in [0.1, 0.15) is 6.10 Å². The molecule has 126 valence electrons. The molecule has 1 atom stereocenters. The number of benzene rings is 1. The predicted octanol–water partition coefficient (Wildman–Crippen LogP) is 3.05. The zero-order valence-electron chi connectivity index (χ0n) is 13.9. The van der Waals surface area contributed by atoms with Crippen molar-refractivity contribution >= 4 is 29.9 Å². The minimum absolute atomic E-state index is 0. The Morgan fingerprint density at radius 3 is 2.50 bits per heavy atom. The molecule has 22 heavy (non-hydrogen) atoms. The van der Waals surface area contributed by atoms with E-state index < -0.39 is 0 Å². The van der Waals surface area contributed by atoms with Crippen molar-refractivity contribution in [1.82, 2.24) is 10.6 Å². The molecule has 1 aromatic rings. The van der Waals surface area contributed by atoms with Crippen molar-refractivity contribution in [3.63, 3.8) is 0 Å². The van der Waals surface area contributed by atoms with E-state index in [-0.39, 0.29) is 30.1 Å². The molecule has 0 amide bonds. The maximum atomic E-state index is 5.89. The van der Waals surface area contributed by atoms with Crippen LogP contribution in [0.2, 0.25) is 0 Å². The van der Waals surface area contributed by atoms with E-state index in [9.17, 15) is 0 Å². The van der Waals surface area contributed by atoms with Crippen molar-refractivity contribution in [3.05, 3.63) is 24.3 Å². The van der Waals surface area contributed by atoms with Crippen LogP contribution in [0.15, 0.2) is 29.3 Å². The van der Waals surface area contributed by atoms with E-state index in [1.165, 1.54) is 0 Å². The van der Waals surface area contributed by atoms with Gasteiger partial charge >= 0.3 is 0 Å². The number of para-hydroxylation sites is 2. The van der Waals surface area contributed by atoms with Crippen molar-refractivity contribution in [2.24, 2.45) is 4.99 Å². The lowest BCUT2D eigenvalue weighted by molar-refractivity contribution is 0.213. The first-order valence-electron chi connectivity index (χ1n) is 7.45. The normalized spacial score (nSPS) is 12.1. The van der Waals surface area contributed by atoms with E-state index in [4.69, 9.17) is 9.47 Å². The molecule has 1 aromatic carbocycles. The lowest BCUT2D eigenvalue weighted by atomic mass is 10.3. The lowest BCUT2D eigenvalue weighted by Gasteiger charge is -2.19. The molecule has 0 bridgehead atoms. The van der Waals surface area contributed by atoms with Gasteiger partial charge in [-0.15, -0.1) is 24.0 Å². The predicted molar refractivity (Wildman–Crippen MR) is 103 cm³/mol. The molecule has 0 aliphatic carbocycles. The highest BCUT2D eigenvalue weighted by atomic mass is 127. The maximum Gasteiger partial charge on any atom is 0.191 e. The molecule has 0 aromatic heterocycles. The third-order valence-corrected chi connectivity index (χ3v) is 3.00. The first-order chi connectivity index (χ1) is 10.2. The SMILES string of the molecule is CCCCNC(=NC)NCC(C)Oc1ccccc1OC.I. The van der Waals surface area contributed by atoms with Crippen LogP contribution in [0.3, 0.4) is 0 Å². The molecular weight excluding hydrogens is 393 g/mol. The summed E-state index contributed by atoms with van der Waals surface area (Å²) in [7, 11) is 3.41. The van der Waals surface area contributed by atoms with Gasteiger partial charge < -0.3 is 20.1 Å². The average molecular weight is 421 g/mol. The Hall–Kier alpha value is -1.18. The number of rotatable bonds is 8. The van der Waals surface area contributed by atoms with Gasteiger partial charge in [0.25, 0.3) is 0 Å². The van der Waals surface area contributed by atoms with Gasteiger partial charge in [-0.05, 0) is 25.5 Å². The molecule has 0 radical (unpaired) electrons. The quantitative estimate of drug-likeness (QED) is 0.293. The van der Waals surface area contributed by atoms with Crippen LogP contribution in [0, 0.1) is 0 Å². The number of ether oxygens (including phenoxy) is 2. The van der Waals surface area contributed by atoms with Crippen LogP contribution >= 0.6 is 24.0 Å². The zero-order chi connectivity index (χ0) is 15.5. The molecule has 0 heterocycles. The Morgan fingerprint density at radius 1 is 1.23 bits per heavy atom. The van der Waals surface area contributed by atoms with E-state index in [0.717, 1.165) is 36.8 Å². The van der Waals surface area contributed by atoms with Crippen LogP contribution < -0.4 is 20.1 Å². The summed E-state index contributed by atoms with van der Waals surface area (Å²) in [4.78, 5) is 4.19. The Balaban J connectivity index is 0.00000441. The molecule has 2 N–H and O–H groups in total. The second-order valence-corrected chi connectivity index (χ2v) is 4.81. The van der Waals surface area contributed by atoms with Gasteiger partial charge in [-0.2, -0.15) is 0 Å². The molecule has 0 aliphatic heterocycles. The second-order valence-electron chi connectivity index (χ2n) is 4.81. The van der Waals surface area contributed by atoms with E-state index in [1.807, 2.05) is 31.2 Å². The minimum atomic E-state index is 0. The van der Waals surface area contributed by atoms with Crippen LogP contribution in [0.25, 0.3) is 0 Å². The molecule has 0 aliphatic rings. The molecule has 1 rings (SSSR count). The summed E-state index contributed by atoms with van der Waals surface area (Å²) in [5.41, 5.74) is 0. The Morgan fingerprint density at radius 2 is 1.91 bits per heavy atom. The summed E-state index contributed by atoms with van der Waals surface area (Å²) in [6.07, 6.45) is 2.30. The molecule has 0 saturated heterocycles. The summed E-state index contributed by atoms with van der Waals surface area (Å²) >= 11 is 0. The molecule has 0 spiro atoms. The van der Waals surface area contributed by atoms with E-state index in [0.29, 0.717) is 6.54 Å². The average Bonchev–Trinajstić information content (AvgIpc) is 2.51. The zero-order valence-corrected chi connectivity index (χ0v) is 16.2. The molecule has 0 saturated carbocycles. The first kappa shape index (κ1) is 20.8. The van der Waals surface area contributed by atoms with Gasteiger partial charge in [0, 0.05) is 13.6 Å².